The Labute approximate surface area is 121 Å². The van der Waals surface area contributed by atoms with E-state index in [1.54, 1.807) is 6.33 Å². The number of carbonyl (C=O) groups is 1. The van der Waals surface area contributed by atoms with E-state index in [1.165, 1.54) is 0 Å². The van der Waals surface area contributed by atoms with Gasteiger partial charge in [0.2, 0.25) is 5.91 Å². The van der Waals surface area contributed by atoms with Crippen LogP contribution in [-0.2, 0) is 24.3 Å². The lowest BCUT2D eigenvalue weighted by Gasteiger charge is -2.31. The highest BCUT2D eigenvalue weighted by molar-refractivity contribution is 5.95. The van der Waals surface area contributed by atoms with Gasteiger partial charge >= 0.3 is 0 Å². The molecule has 0 bridgehead atoms. The number of fused-ring (bicyclic) bond motifs is 2. The third-order valence-electron chi connectivity index (χ3n) is 4.13. The van der Waals surface area contributed by atoms with Crippen molar-refractivity contribution in [3.63, 3.8) is 0 Å². The molecule has 0 aliphatic carbocycles. The van der Waals surface area contributed by atoms with Gasteiger partial charge in [0.05, 0.1) is 17.9 Å². The lowest BCUT2D eigenvalue weighted by Crippen LogP contribution is -2.34. The molecule has 7 heteroatoms. The molecular weight excluding hydrogens is 268 g/mol. The minimum absolute atomic E-state index is 0.0663. The predicted octanol–water partition coefficient (Wildman–Crippen LogP) is 0.765. The van der Waals surface area contributed by atoms with Crippen LogP contribution in [0.25, 0.3) is 0 Å². The number of rotatable bonds is 1. The maximum Gasteiger partial charge on any atom is 0.224 e. The Balaban J connectivity index is 1.69. The second kappa shape index (κ2) is 4.47. The molecule has 0 radical (unpaired) electrons. The van der Waals surface area contributed by atoms with Crippen molar-refractivity contribution >= 4 is 23.0 Å². The Morgan fingerprint density at radius 2 is 2.14 bits per heavy atom. The van der Waals surface area contributed by atoms with Gasteiger partial charge in [-0.05, 0) is 24.1 Å². The molecule has 0 spiro atoms. The second-order valence-corrected chi connectivity index (χ2v) is 5.48. The van der Waals surface area contributed by atoms with Gasteiger partial charge in [-0.2, -0.15) is 0 Å². The molecule has 3 N–H and O–H groups in total. The molecular formula is C14H16N6O. The highest BCUT2D eigenvalue weighted by Gasteiger charge is 2.22. The molecule has 21 heavy (non-hydrogen) atoms. The molecule has 108 valence electrons. The van der Waals surface area contributed by atoms with Crippen molar-refractivity contribution < 1.29 is 4.79 Å². The molecule has 2 aliphatic rings. The van der Waals surface area contributed by atoms with Gasteiger partial charge in [0.25, 0.3) is 0 Å². The number of carbonyl (C=O) groups excluding carboxylic acids is 1. The van der Waals surface area contributed by atoms with Gasteiger partial charge in [-0.1, -0.05) is 0 Å². The van der Waals surface area contributed by atoms with Crippen molar-refractivity contribution in [1.29, 1.82) is 0 Å². The standard InChI is InChI=1S/C14H16N6O/c15-10-5-9-1-2-14(21)17-11(9)6-12(10)19-3-4-20-8-16-18-13(20)7-19/h5-6,8H,1-4,7,15H2,(H,17,21). The van der Waals surface area contributed by atoms with Crippen molar-refractivity contribution in [2.24, 2.45) is 0 Å². The number of aryl methyl sites for hydroxylation is 1. The fourth-order valence-electron chi connectivity index (χ4n) is 2.98. The summed E-state index contributed by atoms with van der Waals surface area (Å²) in [5.41, 5.74) is 9.89. The normalized spacial score (nSPS) is 17.1. The molecule has 0 fully saturated rings. The number of hydrogen-bond acceptors (Lipinski definition) is 5. The molecule has 2 aliphatic heterocycles. The second-order valence-electron chi connectivity index (χ2n) is 5.48. The van der Waals surface area contributed by atoms with E-state index in [-0.39, 0.29) is 5.91 Å². The van der Waals surface area contributed by atoms with E-state index in [4.69, 9.17) is 5.73 Å². The largest absolute Gasteiger partial charge is 0.397 e. The maximum atomic E-state index is 11.5. The molecule has 4 rings (SSSR count). The third-order valence-corrected chi connectivity index (χ3v) is 4.13. The van der Waals surface area contributed by atoms with Gasteiger partial charge in [-0.3, -0.25) is 4.79 Å². The minimum Gasteiger partial charge on any atom is -0.397 e. The van der Waals surface area contributed by atoms with Gasteiger partial charge in [0.1, 0.15) is 6.33 Å². The van der Waals surface area contributed by atoms with Gasteiger partial charge < -0.3 is 20.5 Å². The van der Waals surface area contributed by atoms with Gasteiger partial charge in [-0.25, -0.2) is 0 Å². The van der Waals surface area contributed by atoms with Crippen molar-refractivity contribution in [2.45, 2.75) is 25.9 Å². The van der Waals surface area contributed by atoms with Crippen LogP contribution in [-0.4, -0.2) is 27.2 Å². The first-order valence-electron chi connectivity index (χ1n) is 7.04. The maximum absolute atomic E-state index is 11.5. The van der Waals surface area contributed by atoms with Gasteiger partial charge in [0, 0.05) is 25.2 Å². The zero-order valence-corrected chi connectivity index (χ0v) is 11.5. The van der Waals surface area contributed by atoms with Crippen LogP contribution in [0.15, 0.2) is 18.5 Å². The number of amides is 1. The molecule has 1 aromatic heterocycles. The highest BCUT2D eigenvalue weighted by atomic mass is 16.1. The quantitative estimate of drug-likeness (QED) is 0.755. The van der Waals surface area contributed by atoms with Crippen LogP contribution >= 0.6 is 0 Å². The van der Waals surface area contributed by atoms with Crippen molar-refractivity contribution in [2.75, 3.05) is 22.5 Å². The average molecular weight is 284 g/mol. The van der Waals surface area contributed by atoms with Crippen LogP contribution < -0.4 is 16.0 Å². The smallest absolute Gasteiger partial charge is 0.224 e. The summed E-state index contributed by atoms with van der Waals surface area (Å²) in [4.78, 5) is 13.7. The molecule has 1 aromatic carbocycles. The lowest BCUT2D eigenvalue weighted by atomic mass is 10.0. The van der Waals surface area contributed by atoms with Crippen LogP contribution in [0, 0.1) is 0 Å². The fraction of sp³-hybridized carbons (Fsp3) is 0.357. The van der Waals surface area contributed by atoms with E-state index in [1.807, 2.05) is 16.7 Å². The predicted molar refractivity (Wildman–Crippen MR) is 78.9 cm³/mol. The van der Waals surface area contributed by atoms with Gasteiger partial charge in [-0.15, -0.1) is 10.2 Å². The fourth-order valence-corrected chi connectivity index (χ4v) is 2.98. The van der Waals surface area contributed by atoms with Crippen molar-refractivity contribution in [1.82, 2.24) is 14.8 Å². The number of nitrogen functional groups attached to an aromatic ring is 1. The van der Waals surface area contributed by atoms with Crippen LogP contribution in [0.2, 0.25) is 0 Å². The highest BCUT2D eigenvalue weighted by Crippen LogP contribution is 2.34. The van der Waals surface area contributed by atoms with E-state index < -0.39 is 0 Å². The lowest BCUT2D eigenvalue weighted by molar-refractivity contribution is -0.116. The van der Waals surface area contributed by atoms with E-state index in [9.17, 15) is 4.79 Å². The molecule has 2 aromatic rings. The Morgan fingerprint density at radius 3 is 3.05 bits per heavy atom. The summed E-state index contributed by atoms with van der Waals surface area (Å²) < 4.78 is 2.05. The minimum atomic E-state index is 0.0663. The van der Waals surface area contributed by atoms with E-state index in [0.29, 0.717) is 13.0 Å². The SMILES string of the molecule is Nc1cc2c(cc1N1CCn3cnnc3C1)NC(=O)CC2. The van der Waals surface area contributed by atoms with Crippen molar-refractivity contribution in [3.05, 3.63) is 29.8 Å². The molecule has 0 saturated heterocycles. The van der Waals surface area contributed by atoms with E-state index in [2.05, 4.69) is 20.4 Å². The average Bonchev–Trinajstić information content (AvgIpc) is 2.94. The summed E-state index contributed by atoms with van der Waals surface area (Å²) in [6.07, 6.45) is 3.03. The van der Waals surface area contributed by atoms with E-state index >= 15 is 0 Å². The van der Waals surface area contributed by atoms with Crippen LogP contribution in [0.4, 0.5) is 17.1 Å². The topological polar surface area (TPSA) is 89.1 Å². The number of benzene rings is 1. The third kappa shape index (κ3) is 2.01. The number of nitrogens with one attached hydrogen (secondary N) is 1. The summed E-state index contributed by atoms with van der Waals surface area (Å²) in [5.74, 6) is 0.999. The number of aromatic nitrogens is 3. The zero-order chi connectivity index (χ0) is 14.4. The Hall–Kier alpha value is -2.57. The van der Waals surface area contributed by atoms with Crippen LogP contribution in [0.5, 0.6) is 0 Å². The Kier molecular flexibility index (Phi) is 2.60. The number of hydrogen-bond donors (Lipinski definition) is 2. The molecule has 0 atom stereocenters. The molecule has 7 nitrogen and oxygen atoms in total. The Morgan fingerprint density at radius 1 is 1.24 bits per heavy atom. The summed E-state index contributed by atoms with van der Waals surface area (Å²) in [6, 6.07) is 3.96. The first-order valence-corrected chi connectivity index (χ1v) is 7.04. The molecule has 3 heterocycles. The van der Waals surface area contributed by atoms with Crippen molar-refractivity contribution in [3.8, 4) is 0 Å². The van der Waals surface area contributed by atoms with Crippen LogP contribution in [0.3, 0.4) is 0 Å². The summed E-state index contributed by atoms with van der Waals surface area (Å²) >= 11 is 0. The van der Waals surface area contributed by atoms with Crippen LogP contribution in [0.1, 0.15) is 17.8 Å². The molecule has 1 amide bonds. The summed E-state index contributed by atoms with van der Waals surface area (Å²) in [6.45, 7) is 2.37. The number of anilines is 3. The number of nitrogens with zero attached hydrogens (tertiary/aromatic N) is 4. The van der Waals surface area contributed by atoms with Gasteiger partial charge in [0.15, 0.2) is 5.82 Å². The monoisotopic (exact) mass is 284 g/mol. The molecule has 0 saturated carbocycles. The Bertz CT molecular complexity index is 722. The van der Waals surface area contributed by atoms with E-state index in [0.717, 1.165) is 48.0 Å². The number of nitrogens with two attached hydrogens (primary N) is 1. The molecule has 0 unspecified atom stereocenters. The zero-order valence-electron chi connectivity index (χ0n) is 11.5. The first-order chi connectivity index (χ1) is 10.2. The summed E-state index contributed by atoms with van der Waals surface area (Å²) in [7, 11) is 0. The summed E-state index contributed by atoms with van der Waals surface area (Å²) in [5, 5.41) is 11.0. The first kappa shape index (κ1) is 12.2.